The molecule has 0 saturated carbocycles. The van der Waals surface area contributed by atoms with Crippen LogP contribution in [-0.4, -0.2) is 36.1 Å². The van der Waals surface area contributed by atoms with Crippen molar-refractivity contribution in [2.24, 2.45) is 11.8 Å². The summed E-state index contributed by atoms with van der Waals surface area (Å²) >= 11 is 0. The van der Waals surface area contributed by atoms with Gasteiger partial charge in [-0.3, -0.25) is 15.0 Å². The normalized spacial score (nSPS) is 25.3. The van der Waals surface area contributed by atoms with E-state index in [0.29, 0.717) is 12.8 Å². The van der Waals surface area contributed by atoms with Gasteiger partial charge in [-0.1, -0.05) is 12.2 Å². The minimum atomic E-state index is -0.904. The highest BCUT2D eigenvalue weighted by Gasteiger charge is 2.33. The maximum absolute atomic E-state index is 11.7. The number of carboxylic acids is 1. The first kappa shape index (κ1) is 11.7. The van der Waals surface area contributed by atoms with Crippen molar-refractivity contribution in [1.29, 1.82) is 0 Å². The molecular formula is C10H16N2O3. The molecule has 84 valence electrons. The van der Waals surface area contributed by atoms with E-state index in [1.807, 2.05) is 12.2 Å². The van der Waals surface area contributed by atoms with Crippen LogP contribution in [0.3, 0.4) is 0 Å². The third-order valence-electron chi connectivity index (χ3n) is 2.42. The van der Waals surface area contributed by atoms with Gasteiger partial charge >= 0.3 is 5.97 Å². The summed E-state index contributed by atoms with van der Waals surface area (Å²) in [6.45, 7) is 0. The van der Waals surface area contributed by atoms with Gasteiger partial charge in [0.15, 0.2) is 0 Å². The lowest BCUT2D eigenvalue weighted by Gasteiger charge is -2.25. The van der Waals surface area contributed by atoms with Crippen LogP contribution in [0.1, 0.15) is 12.8 Å². The molecule has 2 atom stereocenters. The van der Waals surface area contributed by atoms with E-state index in [9.17, 15) is 9.59 Å². The monoisotopic (exact) mass is 212 g/mol. The van der Waals surface area contributed by atoms with Crippen molar-refractivity contribution in [2.45, 2.75) is 12.8 Å². The average Bonchev–Trinajstić information content (AvgIpc) is 2.16. The number of amides is 1. The molecule has 0 aromatic rings. The van der Waals surface area contributed by atoms with Crippen LogP contribution in [0, 0.1) is 11.8 Å². The number of hydrogen-bond donors (Lipinski definition) is 2. The molecule has 0 fully saturated rings. The van der Waals surface area contributed by atoms with Gasteiger partial charge in [0.25, 0.3) is 0 Å². The maximum Gasteiger partial charge on any atom is 0.307 e. The first-order valence-corrected chi connectivity index (χ1v) is 4.88. The Balaban J connectivity index is 2.69. The van der Waals surface area contributed by atoms with E-state index >= 15 is 0 Å². The van der Waals surface area contributed by atoms with Gasteiger partial charge in [-0.25, -0.2) is 5.01 Å². The Hall–Kier alpha value is -1.36. The Morgan fingerprint density at radius 2 is 1.80 bits per heavy atom. The van der Waals surface area contributed by atoms with E-state index in [-0.39, 0.29) is 5.91 Å². The number of hydrazine groups is 1. The van der Waals surface area contributed by atoms with Gasteiger partial charge in [0.1, 0.15) is 0 Å². The zero-order chi connectivity index (χ0) is 11.4. The van der Waals surface area contributed by atoms with Crippen LogP contribution in [0.25, 0.3) is 0 Å². The second-order valence-corrected chi connectivity index (χ2v) is 3.86. The Morgan fingerprint density at radius 1 is 1.27 bits per heavy atom. The fourth-order valence-electron chi connectivity index (χ4n) is 1.68. The minimum absolute atomic E-state index is 0.225. The van der Waals surface area contributed by atoms with Crippen molar-refractivity contribution >= 4 is 11.9 Å². The highest BCUT2D eigenvalue weighted by atomic mass is 16.4. The van der Waals surface area contributed by atoms with Crippen molar-refractivity contribution in [2.75, 3.05) is 14.1 Å². The van der Waals surface area contributed by atoms with Crippen molar-refractivity contribution < 1.29 is 14.7 Å². The topological polar surface area (TPSA) is 69.6 Å². The number of nitrogens with zero attached hydrogens (tertiary/aromatic N) is 1. The summed E-state index contributed by atoms with van der Waals surface area (Å²) in [5.74, 6) is -2.19. The molecule has 0 heterocycles. The Kier molecular flexibility index (Phi) is 3.85. The van der Waals surface area contributed by atoms with Gasteiger partial charge in [0, 0.05) is 14.1 Å². The number of nitrogens with one attached hydrogen (secondary N) is 1. The van der Waals surface area contributed by atoms with Crippen molar-refractivity contribution in [1.82, 2.24) is 10.4 Å². The van der Waals surface area contributed by atoms with Crippen LogP contribution in [0.15, 0.2) is 12.2 Å². The predicted molar refractivity (Wildman–Crippen MR) is 54.8 cm³/mol. The van der Waals surface area contributed by atoms with Crippen molar-refractivity contribution in [3.63, 3.8) is 0 Å². The number of hydrogen-bond acceptors (Lipinski definition) is 3. The zero-order valence-corrected chi connectivity index (χ0v) is 8.93. The molecule has 0 unspecified atom stereocenters. The standard InChI is InChI=1S/C10H16N2O3/c1-12(2)11-9(13)7-5-3-4-6-8(7)10(14)15/h3-4,7-8H,5-6H2,1-2H3,(H,11,13)(H,14,15)/t7-,8+/m1/s1. The molecule has 0 aromatic heterocycles. The lowest BCUT2D eigenvalue weighted by atomic mass is 9.82. The first-order chi connectivity index (χ1) is 7.02. The van der Waals surface area contributed by atoms with Gasteiger partial charge in [-0.15, -0.1) is 0 Å². The van der Waals surface area contributed by atoms with Crippen LogP contribution < -0.4 is 5.43 Å². The summed E-state index contributed by atoms with van der Waals surface area (Å²) in [6, 6.07) is 0. The second kappa shape index (κ2) is 4.93. The number of rotatable bonds is 3. The SMILES string of the molecule is CN(C)NC(=O)[C@@H]1CC=CC[C@@H]1C(=O)O. The van der Waals surface area contributed by atoms with E-state index in [0.717, 1.165) is 0 Å². The molecule has 5 heteroatoms. The summed E-state index contributed by atoms with van der Waals surface area (Å²) in [5.41, 5.74) is 2.59. The fourth-order valence-corrected chi connectivity index (χ4v) is 1.68. The predicted octanol–water partition coefficient (Wildman–Crippen LogP) is 0.246. The summed E-state index contributed by atoms with van der Waals surface area (Å²) in [5, 5.41) is 10.5. The summed E-state index contributed by atoms with van der Waals surface area (Å²) in [7, 11) is 3.40. The van der Waals surface area contributed by atoms with Gasteiger partial charge < -0.3 is 5.11 Å². The fraction of sp³-hybridized carbons (Fsp3) is 0.600. The van der Waals surface area contributed by atoms with Crippen LogP contribution in [-0.2, 0) is 9.59 Å². The van der Waals surface area contributed by atoms with Gasteiger partial charge in [-0.05, 0) is 12.8 Å². The van der Waals surface area contributed by atoms with Crippen molar-refractivity contribution in [3.05, 3.63) is 12.2 Å². The second-order valence-electron chi connectivity index (χ2n) is 3.86. The Morgan fingerprint density at radius 3 is 2.27 bits per heavy atom. The van der Waals surface area contributed by atoms with Gasteiger partial charge in [0.2, 0.25) is 5.91 Å². The quantitative estimate of drug-likeness (QED) is 0.519. The van der Waals surface area contributed by atoms with Crippen LogP contribution >= 0.6 is 0 Å². The van der Waals surface area contributed by atoms with E-state index in [1.165, 1.54) is 5.01 Å². The molecule has 0 saturated heterocycles. The minimum Gasteiger partial charge on any atom is -0.481 e. The molecule has 15 heavy (non-hydrogen) atoms. The molecule has 0 spiro atoms. The average molecular weight is 212 g/mol. The molecule has 0 radical (unpaired) electrons. The number of aliphatic carboxylic acids is 1. The largest absolute Gasteiger partial charge is 0.481 e. The molecule has 2 N–H and O–H groups in total. The molecule has 5 nitrogen and oxygen atoms in total. The highest BCUT2D eigenvalue weighted by Crippen LogP contribution is 2.25. The summed E-state index contributed by atoms with van der Waals surface area (Å²) in [4.78, 5) is 22.6. The van der Waals surface area contributed by atoms with Crippen LogP contribution in [0.5, 0.6) is 0 Å². The number of allylic oxidation sites excluding steroid dienone is 2. The van der Waals surface area contributed by atoms with E-state index in [1.54, 1.807) is 14.1 Å². The summed E-state index contributed by atoms with van der Waals surface area (Å²) in [6.07, 6.45) is 4.61. The number of carboxylic acid groups (broad SMARTS) is 1. The Labute approximate surface area is 88.7 Å². The maximum atomic E-state index is 11.7. The lowest BCUT2D eigenvalue weighted by molar-refractivity contribution is -0.148. The first-order valence-electron chi connectivity index (χ1n) is 4.88. The Bertz CT molecular complexity index is 286. The lowest BCUT2D eigenvalue weighted by Crippen LogP contribution is -2.44. The molecule has 1 rings (SSSR count). The van der Waals surface area contributed by atoms with E-state index < -0.39 is 17.8 Å². The summed E-state index contributed by atoms with van der Waals surface area (Å²) < 4.78 is 0. The molecular weight excluding hydrogens is 196 g/mol. The van der Waals surface area contributed by atoms with Crippen LogP contribution in [0.2, 0.25) is 0 Å². The number of carbonyl (C=O) groups is 2. The zero-order valence-electron chi connectivity index (χ0n) is 8.93. The number of carbonyl (C=O) groups excluding carboxylic acids is 1. The third-order valence-corrected chi connectivity index (χ3v) is 2.42. The van der Waals surface area contributed by atoms with E-state index in [2.05, 4.69) is 5.43 Å². The molecule has 1 amide bonds. The third kappa shape index (κ3) is 3.06. The van der Waals surface area contributed by atoms with Gasteiger partial charge in [-0.2, -0.15) is 0 Å². The molecule has 1 aliphatic rings. The van der Waals surface area contributed by atoms with E-state index in [4.69, 9.17) is 5.11 Å². The molecule has 0 bridgehead atoms. The smallest absolute Gasteiger partial charge is 0.307 e. The van der Waals surface area contributed by atoms with Crippen molar-refractivity contribution in [3.8, 4) is 0 Å². The van der Waals surface area contributed by atoms with Crippen LogP contribution in [0.4, 0.5) is 0 Å². The highest BCUT2D eigenvalue weighted by molar-refractivity contribution is 5.84. The molecule has 1 aliphatic carbocycles. The molecule has 0 aliphatic heterocycles. The van der Waals surface area contributed by atoms with Gasteiger partial charge in [0.05, 0.1) is 11.8 Å². The molecule has 0 aromatic carbocycles.